The Morgan fingerprint density at radius 3 is 2.27 bits per heavy atom. The summed E-state index contributed by atoms with van der Waals surface area (Å²) in [6.07, 6.45) is 8.19. The van der Waals surface area contributed by atoms with E-state index < -0.39 is 29.6 Å². The summed E-state index contributed by atoms with van der Waals surface area (Å²) in [5, 5.41) is 15.5. The average molecular weight is 672 g/mol. The zero-order valence-electron chi connectivity index (χ0n) is 28.2. The minimum Gasteiger partial charge on any atom is -0.462 e. The fourth-order valence-corrected chi connectivity index (χ4v) is 7.51. The van der Waals surface area contributed by atoms with E-state index in [-0.39, 0.29) is 56.4 Å². The van der Waals surface area contributed by atoms with Crippen LogP contribution in [0.5, 0.6) is 0 Å². The van der Waals surface area contributed by atoms with E-state index in [0.29, 0.717) is 32.2 Å². The van der Waals surface area contributed by atoms with Gasteiger partial charge in [0.2, 0.25) is 11.8 Å². The normalized spacial score (nSPS) is 18.9. The van der Waals surface area contributed by atoms with E-state index in [9.17, 15) is 24.3 Å². The lowest BCUT2D eigenvalue weighted by Crippen LogP contribution is -2.53. The van der Waals surface area contributed by atoms with Gasteiger partial charge in [-0.1, -0.05) is 73.5 Å². The molecule has 1 saturated carbocycles. The second-order valence-corrected chi connectivity index (χ2v) is 13.5. The van der Waals surface area contributed by atoms with Crippen molar-refractivity contribution in [2.24, 2.45) is 5.92 Å². The van der Waals surface area contributed by atoms with Crippen molar-refractivity contribution < 1.29 is 33.8 Å². The number of fused-ring (bicyclic) bond motifs is 3. The average Bonchev–Trinajstić information content (AvgIpc) is 3.86. The fraction of sp³-hybridized carbons (Fsp3) is 0.487. The number of benzene rings is 2. The van der Waals surface area contributed by atoms with Gasteiger partial charge in [-0.05, 0) is 67.2 Å². The number of likely N-dealkylation sites (tertiary alicyclic amines) is 1. The molecule has 0 bridgehead atoms. The summed E-state index contributed by atoms with van der Waals surface area (Å²) in [4.78, 5) is 54.8. The molecule has 0 spiro atoms. The summed E-state index contributed by atoms with van der Waals surface area (Å²) in [5.74, 6) is -1.80. The van der Waals surface area contributed by atoms with Crippen LogP contribution < -0.4 is 10.6 Å². The molecule has 1 heterocycles. The van der Waals surface area contributed by atoms with Crippen molar-refractivity contribution in [1.82, 2.24) is 15.5 Å². The number of esters is 1. The second-order valence-electron chi connectivity index (χ2n) is 13.5. The maximum absolute atomic E-state index is 13.6. The molecule has 49 heavy (non-hydrogen) atoms. The van der Waals surface area contributed by atoms with Gasteiger partial charge in [-0.15, -0.1) is 13.2 Å². The topological polar surface area (TPSA) is 134 Å². The van der Waals surface area contributed by atoms with E-state index in [1.54, 1.807) is 17.1 Å². The molecule has 3 aliphatic rings. The zero-order chi connectivity index (χ0) is 34.8. The number of aliphatic hydroxyl groups excluding tert-OH is 1. The van der Waals surface area contributed by atoms with Crippen LogP contribution in [0.4, 0.5) is 4.79 Å². The Morgan fingerprint density at radius 2 is 1.63 bits per heavy atom. The predicted molar refractivity (Wildman–Crippen MR) is 186 cm³/mol. The highest BCUT2D eigenvalue weighted by molar-refractivity contribution is 5.87. The van der Waals surface area contributed by atoms with Gasteiger partial charge < -0.3 is 30.1 Å². The zero-order valence-corrected chi connectivity index (χ0v) is 28.2. The molecule has 3 amide bonds. The van der Waals surface area contributed by atoms with Gasteiger partial charge in [-0.3, -0.25) is 9.59 Å². The molecule has 0 aromatic heterocycles. The molecule has 10 nitrogen and oxygen atoms in total. The molecule has 262 valence electrons. The molecule has 2 aromatic rings. The molecule has 1 aliphatic heterocycles. The molecule has 1 saturated heterocycles. The molecule has 0 radical (unpaired) electrons. The number of carbonyl (C=O) groups is 4. The van der Waals surface area contributed by atoms with Gasteiger partial charge in [0.05, 0.1) is 24.1 Å². The smallest absolute Gasteiger partial charge is 0.407 e. The van der Waals surface area contributed by atoms with Crippen LogP contribution in [0.1, 0.15) is 81.3 Å². The minimum atomic E-state index is -0.964. The predicted octanol–water partition coefficient (Wildman–Crippen LogP) is 5.40. The summed E-state index contributed by atoms with van der Waals surface area (Å²) in [5.41, 5.74) is 3.65. The standard InChI is InChI=1S/C39H49N3O7/c1-3-5-19-34(40-38(47)48-25-33-31-17-8-6-15-29(31)30-16-7-9-18-32(30)33)37(46)49-26-39(20-10-11-21-39)41-36(45)27(13-4-2)23-35(44)42-22-12-14-28(42)24-43/h3-4,6-9,15-18,27-28,33-34,43H,1-2,5,10-14,19-26H2,(H,40,47)(H,41,45)/t27-,28+,34+/m1/s1. The van der Waals surface area contributed by atoms with Crippen LogP contribution in [0.3, 0.4) is 0 Å². The summed E-state index contributed by atoms with van der Waals surface area (Å²) in [7, 11) is 0. The Balaban J connectivity index is 1.18. The van der Waals surface area contributed by atoms with Gasteiger partial charge in [0.1, 0.15) is 19.3 Å². The van der Waals surface area contributed by atoms with Crippen LogP contribution in [0.15, 0.2) is 73.8 Å². The van der Waals surface area contributed by atoms with Crippen molar-refractivity contribution in [3.8, 4) is 11.1 Å². The lowest BCUT2D eigenvalue weighted by atomic mass is 9.94. The second kappa shape index (κ2) is 16.8. The van der Waals surface area contributed by atoms with Gasteiger partial charge in [0, 0.05) is 18.9 Å². The van der Waals surface area contributed by atoms with Gasteiger partial charge in [-0.2, -0.15) is 0 Å². The van der Waals surface area contributed by atoms with E-state index in [1.807, 2.05) is 36.4 Å². The number of nitrogens with zero attached hydrogens (tertiary/aromatic N) is 1. The van der Waals surface area contributed by atoms with Crippen molar-refractivity contribution >= 4 is 23.9 Å². The van der Waals surface area contributed by atoms with Crippen LogP contribution in [-0.2, 0) is 23.9 Å². The maximum Gasteiger partial charge on any atom is 0.407 e. The Morgan fingerprint density at radius 1 is 0.959 bits per heavy atom. The molecular formula is C39H49N3O7. The number of aliphatic hydroxyl groups is 1. The molecule has 10 heteroatoms. The molecule has 3 atom stereocenters. The maximum atomic E-state index is 13.6. The summed E-state index contributed by atoms with van der Waals surface area (Å²) < 4.78 is 11.5. The van der Waals surface area contributed by atoms with E-state index in [4.69, 9.17) is 9.47 Å². The van der Waals surface area contributed by atoms with Gasteiger partial charge >= 0.3 is 12.1 Å². The van der Waals surface area contributed by atoms with E-state index in [1.165, 1.54) is 0 Å². The fourth-order valence-electron chi connectivity index (χ4n) is 7.51. The van der Waals surface area contributed by atoms with Crippen LogP contribution in [0, 0.1) is 5.92 Å². The summed E-state index contributed by atoms with van der Waals surface area (Å²) >= 11 is 0. The van der Waals surface area contributed by atoms with Crippen LogP contribution in [-0.4, -0.2) is 77.9 Å². The number of hydrogen-bond acceptors (Lipinski definition) is 7. The van der Waals surface area contributed by atoms with Crippen LogP contribution >= 0.6 is 0 Å². The number of rotatable bonds is 16. The number of nitrogens with one attached hydrogen (secondary N) is 2. The quantitative estimate of drug-likeness (QED) is 0.161. The van der Waals surface area contributed by atoms with E-state index in [2.05, 4.69) is 35.9 Å². The molecule has 2 fully saturated rings. The van der Waals surface area contributed by atoms with E-state index in [0.717, 1.165) is 47.9 Å². The third-order valence-corrected chi connectivity index (χ3v) is 10.2. The minimum absolute atomic E-state index is 0.0118. The third kappa shape index (κ3) is 8.60. The first-order chi connectivity index (χ1) is 23.8. The summed E-state index contributed by atoms with van der Waals surface area (Å²) in [6.45, 7) is 8.08. The molecular weight excluding hydrogens is 622 g/mol. The number of alkyl carbamates (subject to hydrolysis) is 1. The SMILES string of the molecule is C=CCC[C@H](NC(=O)OCC1c2ccccc2-c2ccccc21)C(=O)OCC1(NC(=O)[C@H](CC=C)CC(=O)N2CCC[C@H]2CO)CCCC1. The van der Waals surface area contributed by atoms with Crippen molar-refractivity contribution in [3.63, 3.8) is 0 Å². The Labute approximate surface area is 288 Å². The van der Waals surface area contributed by atoms with Crippen molar-refractivity contribution in [3.05, 3.63) is 85.0 Å². The highest BCUT2D eigenvalue weighted by Gasteiger charge is 2.40. The highest BCUT2D eigenvalue weighted by atomic mass is 16.6. The van der Waals surface area contributed by atoms with Crippen molar-refractivity contribution in [2.45, 2.75) is 87.7 Å². The first kappa shape index (κ1) is 35.9. The largest absolute Gasteiger partial charge is 0.462 e. The molecule has 5 rings (SSSR count). The molecule has 2 aromatic carbocycles. The summed E-state index contributed by atoms with van der Waals surface area (Å²) in [6, 6.07) is 15.0. The third-order valence-electron chi connectivity index (χ3n) is 10.2. The molecule has 3 N–H and O–H groups in total. The van der Waals surface area contributed by atoms with Gasteiger partial charge in [-0.25, -0.2) is 9.59 Å². The Bertz CT molecular complexity index is 1470. The Kier molecular flexibility index (Phi) is 12.3. The van der Waals surface area contributed by atoms with Gasteiger partial charge in [0.15, 0.2) is 0 Å². The lowest BCUT2D eigenvalue weighted by molar-refractivity contribution is -0.149. The van der Waals surface area contributed by atoms with Crippen LogP contribution in [0.2, 0.25) is 0 Å². The van der Waals surface area contributed by atoms with Gasteiger partial charge in [0.25, 0.3) is 0 Å². The first-order valence-corrected chi connectivity index (χ1v) is 17.5. The molecule has 0 unspecified atom stereocenters. The Hall–Kier alpha value is -4.44. The van der Waals surface area contributed by atoms with Crippen molar-refractivity contribution in [2.75, 3.05) is 26.4 Å². The highest BCUT2D eigenvalue weighted by Crippen LogP contribution is 2.44. The van der Waals surface area contributed by atoms with E-state index >= 15 is 0 Å². The van der Waals surface area contributed by atoms with Crippen molar-refractivity contribution in [1.29, 1.82) is 0 Å². The number of carbonyl (C=O) groups excluding carboxylic acids is 4. The number of ether oxygens (including phenoxy) is 2. The number of hydrogen-bond donors (Lipinski definition) is 3. The van der Waals surface area contributed by atoms with Crippen LogP contribution in [0.25, 0.3) is 11.1 Å². The molecule has 2 aliphatic carbocycles. The number of amides is 3. The lowest BCUT2D eigenvalue weighted by Gasteiger charge is -2.32. The number of allylic oxidation sites excluding steroid dienone is 2. The monoisotopic (exact) mass is 671 g/mol. The first-order valence-electron chi connectivity index (χ1n) is 17.5.